The molecular weight excluding hydrogens is 426 g/mol. The molecule has 0 bridgehead atoms. The van der Waals surface area contributed by atoms with Crippen molar-refractivity contribution in [2.24, 2.45) is 5.41 Å². The highest BCUT2D eigenvalue weighted by Crippen LogP contribution is 2.42. The SMILES string of the molecule is O=C1NCCCC12CCCN(S(=O)(=O)c1cc(C(F)(F)F)ccc1C(F)(F)F)C2. The van der Waals surface area contributed by atoms with Crippen LogP contribution in [0.1, 0.15) is 36.8 Å². The van der Waals surface area contributed by atoms with Crippen molar-refractivity contribution in [1.29, 1.82) is 0 Å². The van der Waals surface area contributed by atoms with Crippen molar-refractivity contribution in [3.8, 4) is 0 Å². The van der Waals surface area contributed by atoms with Crippen LogP contribution in [0.25, 0.3) is 0 Å². The van der Waals surface area contributed by atoms with Crippen LogP contribution in [0, 0.1) is 5.41 Å². The summed E-state index contributed by atoms with van der Waals surface area (Å²) in [5, 5.41) is 2.63. The maximum atomic E-state index is 13.4. The zero-order chi connectivity index (χ0) is 21.7. The second-order valence-corrected chi connectivity index (χ2v) is 9.19. The lowest BCUT2D eigenvalue weighted by Gasteiger charge is -2.43. The fourth-order valence-corrected chi connectivity index (χ4v) is 5.70. The largest absolute Gasteiger partial charge is 0.417 e. The fraction of sp³-hybridized carbons (Fsp3) is 0.588. The number of carbonyl (C=O) groups is 1. The van der Waals surface area contributed by atoms with Gasteiger partial charge in [0.05, 0.1) is 21.4 Å². The molecule has 2 fully saturated rings. The first kappa shape index (κ1) is 21.9. The minimum absolute atomic E-state index is 0.0143. The van der Waals surface area contributed by atoms with Crippen molar-refractivity contribution in [2.75, 3.05) is 19.6 Å². The Morgan fingerprint density at radius 3 is 2.24 bits per heavy atom. The van der Waals surface area contributed by atoms with Gasteiger partial charge in [-0.3, -0.25) is 4.79 Å². The minimum Gasteiger partial charge on any atom is -0.356 e. The van der Waals surface area contributed by atoms with Gasteiger partial charge in [0.2, 0.25) is 15.9 Å². The van der Waals surface area contributed by atoms with Gasteiger partial charge in [-0.2, -0.15) is 30.6 Å². The van der Waals surface area contributed by atoms with E-state index in [9.17, 15) is 39.6 Å². The molecule has 0 radical (unpaired) electrons. The number of sulfonamides is 1. The molecule has 0 saturated carbocycles. The Labute approximate surface area is 163 Å². The predicted molar refractivity (Wildman–Crippen MR) is 89.1 cm³/mol. The summed E-state index contributed by atoms with van der Waals surface area (Å²) in [5.74, 6) is -0.385. The van der Waals surface area contributed by atoms with E-state index in [4.69, 9.17) is 0 Å². The highest BCUT2D eigenvalue weighted by atomic mass is 32.2. The van der Waals surface area contributed by atoms with Gasteiger partial charge < -0.3 is 5.32 Å². The Morgan fingerprint density at radius 1 is 1.00 bits per heavy atom. The number of amides is 1. The first-order valence-electron chi connectivity index (χ1n) is 8.84. The van der Waals surface area contributed by atoms with Crippen molar-refractivity contribution in [3.05, 3.63) is 29.3 Å². The summed E-state index contributed by atoms with van der Waals surface area (Å²) in [5.41, 5.74) is -4.24. The van der Waals surface area contributed by atoms with E-state index in [0.717, 1.165) is 0 Å². The second kappa shape index (κ2) is 7.15. The molecule has 1 unspecified atom stereocenters. The molecule has 162 valence electrons. The Kier molecular flexibility index (Phi) is 5.39. The molecule has 2 saturated heterocycles. The van der Waals surface area contributed by atoms with Gasteiger partial charge in [-0.25, -0.2) is 8.42 Å². The zero-order valence-electron chi connectivity index (χ0n) is 15.0. The van der Waals surface area contributed by atoms with Crippen molar-refractivity contribution in [2.45, 2.75) is 42.9 Å². The normalized spacial score (nSPS) is 24.6. The number of nitrogens with zero attached hydrogens (tertiary/aromatic N) is 1. The quantitative estimate of drug-likeness (QED) is 0.712. The number of piperidine rings is 2. The van der Waals surface area contributed by atoms with Gasteiger partial charge in [-0.05, 0) is 43.9 Å². The van der Waals surface area contributed by atoms with Crippen LogP contribution in [0.5, 0.6) is 0 Å². The number of benzene rings is 1. The van der Waals surface area contributed by atoms with E-state index in [-0.39, 0.29) is 43.6 Å². The summed E-state index contributed by atoms with van der Waals surface area (Å²) < 4.78 is 106. The van der Waals surface area contributed by atoms with Gasteiger partial charge in [-0.15, -0.1) is 0 Å². The third kappa shape index (κ3) is 4.09. The molecule has 2 aliphatic rings. The lowest BCUT2D eigenvalue weighted by Crippen LogP contribution is -2.55. The van der Waals surface area contributed by atoms with Crippen LogP contribution in [0.15, 0.2) is 23.1 Å². The predicted octanol–water partition coefficient (Wildman–Crippen LogP) is 3.41. The van der Waals surface area contributed by atoms with Crippen LogP contribution < -0.4 is 5.32 Å². The summed E-state index contributed by atoms with van der Waals surface area (Å²) in [7, 11) is -4.92. The summed E-state index contributed by atoms with van der Waals surface area (Å²) in [6.45, 7) is -0.126. The van der Waals surface area contributed by atoms with Crippen molar-refractivity contribution < 1.29 is 39.6 Å². The number of halogens is 6. The highest BCUT2D eigenvalue weighted by Gasteiger charge is 2.48. The van der Waals surface area contributed by atoms with Gasteiger partial charge in [0.25, 0.3) is 0 Å². The number of alkyl halides is 6. The van der Waals surface area contributed by atoms with Crippen LogP contribution in [-0.2, 0) is 27.2 Å². The molecular formula is C17H18F6N2O3S. The number of hydrogen-bond donors (Lipinski definition) is 1. The molecule has 29 heavy (non-hydrogen) atoms. The van der Waals surface area contributed by atoms with E-state index in [1.54, 1.807) is 0 Å². The Balaban J connectivity index is 2.07. The van der Waals surface area contributed by atoms with E-state index in [2.05, 4.69) is 5.32 Å². The Morgan fingerprint density at radius 2 is 1.66 bits per heavy atom. The number of carbonyl (C=O) groups excluding carboxylic acids is 1. The molecule has 0 aliphatic carbocycles. The molecule has 3 rings (SSSR count). The maximum Gasteiger partial charge on any atom is 0.417 e. The van der Waals surface area contributed by atoms with E-state index in [0.29, 0.717) is 30.1 Å². The smallest absolute Gasteiger partial charge is 0.356 e. The first-order valence-corrected chi connectivity index (χ1v) is 10.3. The summed E-state index contributed by atoms with van der Waals surface area (Å²) in [6.07, 6.45) is -8.66. The van der Waals surface area contributed by atoms with Crippen LogP contribution in [0.3, 0.4) is 0 Å². The first-order chi connectivity index (χ1) is 13.3. The monoisotopic (exact) mass is 444 g/mol. The van der Waals surface area contributed by atoms with Gasteiger partial charge in [-0.1, -0.05) is 0 Å². The van der Waals surface area contributed by atoms with Crippen LogP contribution in [-0.4, -0.2) is 38.3 Å². The molecule has 1 spiro atoms. The van der Waals surface area contributed by atoms with Gasteiger partial charge >= 0.3 is 12.4 Å². The molecule has 1 atom stereocenters. The van der Waals surface area contributed by atoms with Gasteiger partial charge in [0, 0.05) is 19.6 Å². The molecule has 5 nitrogen and oxygen atoms in total. The minimum atomic E-state index is -5.16. The van der Waals surface area contributed by atoms with Crippen molar-refractivity contribution in [3.63, 3.8) is 0 Å². The average molecular weight is 444 g/mol. The highest BCUT2D eigenvalue weighted by molar-refractivity contribution is 7.89. The molecule has 12 heteroatoms. The average Bonchev–Trinajstić information content (AvgIpc) is 2.62. The lowest BCUT2D eigenvalue weighted by atomic mass is 9.74. The van der Waals surface area contributed by atoms with Crippen molar-refractivity contribution >= 4 is 15.9 Å². The zero-order valence-corrected chi connectivity index (χ0v) is 15.8. The maximum absolute atomic E-state index is 13.4. The Bertz CT molecular complexity index is 909. The third-order valence-corrected chi connectivity index (χ3v) is 7.26. The third-order valence-electron chi connectivity index (χ3n) is 5.37. The molecule has 1 N–H and O–H groups in total. The van der Waals surface area contributed by atoms with E-state index in [1.807, 2.05) is 0 Å². The summed E-state index contributed by atoms with van der Waals surface area (Å²) in [6, 6.07) is 0.344. The summed E-state index contributed by atoms with van der Waals surface area (Å²) >= 11 is 0. The summed E-state index contributed by atoms with van der Waals surface area (Å²) in [4.78, 5) is 10.9. The molecule has 2 aliphatic heterocycles. The number of nitrogens with one attached hydrogen (secondary N) is 1. The lowest BCUT2D eigenvalue weighted by molar-refractivity contribution is -0.143. The van der Waals surface area contributed by atoms with Crippen LogP contribution in [0.4, 0.5) is 26.3 Å². The van der Waals surface area contributed by atoms with Gasteiger partial charge in [0.1, 0.15) is 0 Å². The van der Waals surface area contributed by atoms with E-state index < -0.39 is 43.8 Å². The molecule has 0 aromatic heterocycles. The number of hydrogen-bond acceptors (Lipinski definition) is 3. The molecule has 1 amide bonds. The van der Waals surface area contributed by atoms with Gasteiger partial charge in [0.15, 0.2) is 0 Å². The number of rotatable bonds is 2. The van der Waals surface area contributed by atoms with E-state index in [1.165, 1.54) is 0 Å². The van der Waals surface area contributed by atoms with Crippen molar-refractivity contribution in [1.82, 2.24) is 9.62 Å². The van der Waals surface area contributed by atoms with Crippen LogP contribution in [0.2, 0.25) is 0 Å². The van der Waals surface area contributed by atoms with Crippen LogP contribution >= 0.6 is 0 Å². The molecule has 1 aromatic rings. The second-order valence-electron chi connectivity index (χ2n) is 7.29. The topological polar surface area (TPSA) is 66.5 Å². The fourth-order valence-electron chi connectivity index (χ4n) is 3.90. The molecule has 1 aromatic carbocycles. The standard InChI is InChI=1S/C17H18F6N2O3S/c18-16(19,20)11-3-4-12(17(21,22)23)13(9-11)29(27,28)25-8-2-6-15(10-25)5-1-7-24-14(15)26/h3-4,9H,1-2,5-8,10H2,(H,24,26). The Hall–Kier alpha value is -1.82. The van der Waals surface area contributed by atoms with E-state index >= 15 is 0 Å². The molecule has 2 heterocycles.